The van der Waals surface area contributed by atoms with Crippen molar-refractivity contribution in [2.24, 2.45) is 11.8 Å². The van der Waals surface area contributed by atoms with Crippen LogP contribution < -0.4 is 5.32 Å². The van der Waals surface area contributed by atoms with Crippen LogP contribution >= 0.6 is 0 Å². The van der Waals surface area contributed by atoms with E-state index in [1.54, 1.807) is 0 Å². The van der Waals surface area contributed by atoms with Crippen LogP contribution in [0.1, 0.15) is 53.3 Å². The van der Waals surface area contributed by atoms with Crippen molar-refractivity contribution in [3.63, 3.8) is 0 Å². The Kier molecular flexibility index (Phi) is 4.97. The molecule has 0 aromatic carbocycles. The SMILES string of the molecule is CCNc1nnc(C(C(C)C)C(C)C)n1CC. The van der Waals surface area contributed by atoms with Gasteiger partial charge in [-0.3, -0.25) is 4.57 Å². The summed E-state index contributed by atoms with van der Waals surface area (Å²) >= 11 is 0. The van der Waals surface area contributed by atoms with Crippen LogP contribution in [-0.4, -0.2) is 21.3 Å². The van der Waals surface area contributed by atoms with Crippen molar-refractivity contribution >= 4 is 5.95 Å². The highest BCUT2D eigenvalue weighted by atomic mass is 15.3. The molecule has 4 heteroatoms. The summed E-state index contributed by atoms with van der Waals surface area (Å²) in [5.41, 5.74) is 0. The molecule has 0 saturated carbocycles. The number of nitrogens with zero attached hydrogens (tertiary/aromatic N) is 3. The minimum Gasteiger partial charge on any atom is -0.355 e. The fourth-order valence-corrected chi connectivity index (χ4v) is 2.53. The topological polar surface area (TPSA) is 42.7 Å². The molecule has 0 spiro atoms. The van der Waals surface area contributed by atoms with Crippen LogP contribution in [-0.2, 0) is 6.54 Å². The molecule has 98 valence electrons. The van der Waals surface area contributed by atoms with Gasteiger partial charge in [0.2, 0.25) is 5.95 Å². The second-order valence-corrected chi connectivity index (χ2v) is 5.17. The minimum absolute atomic E-state index is 0.467. The molecule has 0 aliphatic rings. The van der Waals surface area contributed by atoms with E-state index < -0.39 is 0 Å². The van der Waals surface area contributed by atoms with Crippen LogP contribution in [0, 0.1) is 11.8 Å². The van der Waals surface area contributed by atoms with E-state index in [9.17, 15) is 0 Å². The van der Waals surface area contributed by atoms with E-state index in [2.05, 4.69) is 61.6 Å². The number of nitrogens with one attached hydrogen (secondary N) is 1. The molecule has 0 fully saturated rings. The maximum Gasteiger partial charge on any atom is 0.224 e. The molecule has 0 bridgehead atoms. The molecule has 1 rings (SSSR count). The molecular formula is C13H26N4. The number of anilines is 1. The zero-order valence-electron chi connectivity index (χ0n) is 12.0. The Labute approximate surface area is 105 Å². The average Bonchev–Trinajstić information content (AvgIpc) is 2.60. The molecule has 0 amide bonds. The van der Waals surface area contributed by atoms with Crippen molar-refractivity contribution in [2.75, 3.05) is 11.9 Å². The fraction of sp³-hybridized carbons (Fsp3) is 0.846. The van der Waals surface area contributed by atoms with Gasteiger partial charge in [-0.25, -0.2) is 0 Å². The van der Waals surface area contributed by atoms with Gasteiger partial charge in [0, 0.05) is 19.0 Å². The van der Waals surface area contributed by atoms with Crippen molar-refractivity contribution in [3.8, 4) is 0 Å². The second kappa shape index (κ2) is 6.03. The summed E-state index contributed by atoms with van der Waals surface area (Å²) in [4.78, 5) is 0. The molecule has 0 saturated heterocycles. The largest absolute Gasteiger partial charge is 0.355 e. The van der Waals surface area contributed by atoms with Gasteiger partial charge in [0.1, 0.15) is 5.82 Å². The third kappa shape index (κ3) is 2.99. The first-order valence-electron chi connectivity index (χ1n) is 6.69. The lowest BCUT2D eigenvalue weighted by Crippen LogP contribution is -2.19. The molecule has 1 N–H and O–H groups in total. The first-order valence-corrected chi connectivity index (χ1v) is 6.69. The molecule has 1 aromatic rings. The molecule has 0 radical (unpaired) electrons. The third-order valence-electron chi connectivity index (χ3n) is 3.17. The first-order chi connectivity index (χ1) is 8.02. The van der Waals surface area contributed by atoms with Gasteiger partial charge in [0.05, 0.1) is 0 Å². The zero-order valence-corrected chi connectivity index (χ0v) is 12.0. The number of rotatable bonds is 6. The maximum absolute atomic E-state index is 4.40. The fourth-order valence-electron chi connectivity index (χ4n) is 2.53. The second-order valence-electron chi connectivity index (χ2n) is 5.17. The lowest BCUT2D eigenvalue weighted by atomic mass is 9.85. The summed E-state index contributed by atoms with van der Waals surface area (Å²) in [6, 6.07) is 0. The molecule has 0 aliphatic heterocycles. The van der Waals surface area contributed by atoms with Gasteiger partial charge in [-0.05, 0) is 25.7 Å². The standard InChI is InChI=1S/C13H26N4/c1-7-14-13-16-15-12(17(13)8-2)11(9(3)4)10(5)6/h9-11H,7-8H2,1-6H3,(H,14,16). The molecule has 4 nitrogen and oxygen atoms in total. The first kappa shape index (κ1) is 14.0. The molecule has 0 unspecified atom stereocenters. The number of hydrogen-bond donors (Lipinski definition) is 1. The summed E-state index contributed by atoms with van der Waals surface area (Å²) in [5.74, 6) is 3.65. The normalized spacial score (nSPS) is 11.8. The molecule has 1 heterocycles. The summed E-state index contributed by atoms with van der Waals surface area (Å²) in [7, 11) is 0. The van der Waals surface area contributed by atoms with Gasteiger partial charge in [-0.15, -0.1) is 10.2 Å². The van der Waals surface area contributed by atoms with Crippen LogP contribution in [0.3, 0.4) is 0 Å². The van der Waals surface area contributed by atoms with Gasteiger partial charge in [0.15, 0.2) is 0 Å². The summed E-state index contributed by atoms with van der Waals surface area (Å²) in [5, 5.41) is 11.9. The summed E-state index contributed by atoms with van der Waals surface area (Å²) in [6.45, 7) is 15.0. The van der Waals surface area contributed by atoms with Crippen molar-refractivity contribution in [3.05, 3.63) is 5.82 Å². The van der Waals surface area contributed by atoms with E-state index in [4.69, 9.17) is 0 Å². The van der Waals surface area contributed by atoms with Gasteiger partial charge >= 0.3 is 0 Å². The van der Waals surface area contributed by atoms with Gasteiger partial charge in [-0.2, -0.15) is 0 Å². The molecule has 1 aromatic heterocycles. The van der Waals surface area contributed by atoms with E-state index in [0.717, 1.165) is 24.9 Å². The van der Waals surface area contributed by atoms with E-state index in [-0.39, 0.29) is 0 Å². The Balaban J connectivity index is 3.10. The predicted octanol–water partition coefficient (Wildman–Crippen LogP) is 3.13. The van der Waals surface area contributed by atoms with Gasteiger partial charge in [0.25, 0.3) is 0 Å². The van der Waals surface area contributed by atoms with Crippen molar-refractivity contribution < 1.29 is 0 Å². The Bertz CT molecular complexity index is 333. The van der Waals surface area contributed by atoms with Crippen LogP contribution in [0.5, 0.6) is 0 Å². The molecule has 0 atom stereocenters. The zero-order chi connectivity index (χ0) is 13.0. The summed E-state index contributed by atoms with van der Waals surface area (Å²) < 4.78 is 2.20. The van der Waals surface area contributed by atoms with E-state index >= 15 is 0 Å². The van der Waals surface area contributed by atoms with Crippen LogP contribution in [0.4, 0.5) is 5.95 Å². The Morgan fingerprint density at radius 3 is 2.06 bits per heavy atom. The lowest BCUT2D eigenvalue weighted by Gasteiger charge is -2.24. The predicted molar refractivity (Wildman–Crippen MR) is 72.3 cm³/mol. The quantitative estimate of drug-likeness (QED) is 0.828. The maximum atomic E-state index is 4.40. The number of hydrogen-bond acceptors (Lipinski definition) is 3. The van der Waals surface area contributed by atoms with Crippen LogP contribution in [0.25, 0.3) is 0 Å². The number of aromatic nitrogens is 3. The molecule has 17 heavy (non-hydrogen) atoms. The van der Waals surface area contributed by atoms with Crippen LogP contribution in [0.15, 0.2) is 0 Å². The Hall–Kier alpha value is -1.06. The average molecular weight is 238 g/mol. The Morgan fingerprint density at radius 2 is 1.65 bits per heavy atom. The van der Waals surface area contributed by atoms with E-state index in [1.807, 2.05) is 0 Å². The Morgan fingerprint density at radius 1 is 1.06 bits per heavy atom. The smallest absolute Gasteiger partial charge is 0.224 e. The van der Waals surface area contributed by atoms with Crippen molar-refractivity contribution in [1.82, 2.24) is 14.8 Å². The minimum atomic E-state index is 0.467. The molecular weight excluding hydrogens is 212 g/mol. The lowest BCUT2D eigenvalue weighted by molar-refractivity contribution is 0.360. The highest BCUT2D eigenvalue weighted by molar-refractivity contribution is 5.26. The molecule has 0 aliphatic carbocycles. The van der Waals surface area contributed by atoms with Crippen molar-refractivity contribution in [2.45, 2.75) is 54.0 Å². The van der Waals surface area contributed by atoms with Gasteiger partial charge < -0.3 is 5.32 Å². The monoisotopic (exact) mass is 238 g/mol. The van der Waals surface area contributed by atoms with E-state index in [1.165, 1.54) is 0 Å². The van der Waals surface area contributed by atoms with E-state index in [0.29, 0.717) is 17.8 Å². The highest BCUT2D eigenvalue weighted by Gasteiger charge is 2.26. The van der Waals surface area contributed by atoms with Crippen molar-refractivity contribution in [1.29, 1.82) is 0 Å². The van der Waals surface area contributed by atoms with Gasteiger partial charge in [-0.1, -0.05) is 27.7 Å². The van der Waals surface area contributed by atoms with Crippen LogP contribution in [0.2, 0.25) is 0 Å². The summed E-state index contributed by atoms with van der Waals surface area (Å²) in [6.07, 6.45) is 0. The highest BCUT2D eigenvalue weighted by Crippen LogP contribution is 2.31. The third-order valence-corrected chi connectivity index (χ3v) is 3.17.